The smallest absolute Gasteiger partial charge is 0.129 e. The largest absolute Gasteiger partial charge is 0.395 e. The fourth-order valence-electron chi connectivity index (χ4n) is 7.33. The summed E-state index contributed by atoms with van der Waals surface area (Å²) in [6, 6.07) is 0. The van der Waals surface area contributed by atoms with Crippen LogP contribution in [0, 0.1) is 34.5 Å². The molecule has 24 heavy (non-hydrogen) atoms. The molecule has 4 rings (SSSR count). The summed E-state index contributed by atoms with van der Waals surface area (Å²) in [5.41, 5.74) is 8.04. The van der Waals surface area contributed by atoms with Crippen LogP contribution in [-0.2, 0) is 4.84 Å². The predicted octanol–water partition coefficient (Wildman–Crippen LogP) is 4.75. The lowest BCUT2D eigenvalue weighted by Gasteiger charge is -2.60. The number of nitrogens with two attached hydrogens (primary N) is 1. The van der Waals surface area contributed by atoms with E-state index in [4.69, 9.17) is 10.6 Å². The molecule has 3 heteroatoms. The van der Waals surface area contributed by atoms with Crippen LogP contribution in [0.15, 0.2) is 5.16 Å². The van der Waals surface area contributed by atoms with Gasteiger partial charge in [-0.15, -0.1) is 0 Å². The van der Waals surface area contributed by atoms with Crippen LogP contribution in [0.1, 0.15) is 78.1 Å². The summed E-state index contributed by atoms with van der Waals surface area (Å²) in [5.74, 6) is 3.84. The van der Waals surface area contributed by atoms with Gasteiger partial charge in [-0.25, -0.2) is 0 Å². The summed E-state index contributed by atoms with van der Waals surface area (Å²) in [7, 11) is 0. The molecule has 0 heterocycles. The molecule has 1 unspecified atom stereocenters. The van der Waals surface area contributed by atoms with Crippen LogP contribution in [0.4, 0.5) is 0 Å². The predicted molar refractivity (Wildman–Crippen MR) is 98.8 cm³/mol. The highest BCUT2D eigenvalue weighted by atomic mass is 16.6. The first-order chi connectivity index (χ1) is 11.6. The highest BCUT2D eigenvalue weighted by molar-refractivity contribution is 5.85. The highest BCUT2D eigenvalue weighted by Crippen LogP contribution is 2.65. The molecule has 0 radical (unpaired) electrons. The number of nitrogens with zero attached hydrogens (tertiary/aromatic N) is 1. The van der Waals surface area contributed by atoms with Gasteiger partial charge in [-0.3, -0.25) is 0 Å². The van der Waals surface area contributed by atoms with E-state index in [0.29, 0.717) is 24.0 Å². The average molecular weight is 333 g/mol. The molecule has 4 aliphatic rings. The summed E-state index contributed by atoms with van der Waals surface area (Å²) in [6.45, 7) is 6.34. The second-order valence-electron chi connectivity index (χ2n) is 9.73. The Bertz CT molecular complexity index is 504. The molecule has 0 aromatic carbocycles. The fourth-order valence-corrected chi connectivity index (χ4v) is 7.33. The second-order valence-corrected chi connectivity index (χ2v) is 9.73. The van der Waals surface area contributed by atoms with Crippen LogP contribution >= 0.6 is 0 Å². The second kappa shape index (κ2) is 6.30. The molecule has 6 atom stereocenters. The molecule has 4 saturated carbocycles. The normalized spacial score (nSPS) is 49.4. The van der Waals surface area contributed by atoms with Gasteiger partial charge < -0.3 is 10.6 Å². The van der Waals surface area contributed by atoms with Crippen LogP contribution in [0.25, 0.3) is 0 Å². The van der Waals surface area contributed by atoms with Crippen LogP contribution in [-0.4, -0.2) is 18.9 Å². The van der Waals surface area contributed by atoms with Crippen molar-refractivity contribution in [3.63, 3.8) is 0 Å². The molecule has 0 amide bonds. The lowest BCUT2D eigenvalue weighted by Crippen LogP contribution is -2.52. The van der Waals surface area contributed by atoms with Gasteiger partial charge >= 0.3 is 0 Å². The van der Waals surface area contributed by atoms with E-state index in [2.05, 4.69) is 19.0 Å². The molecule has 4 aliphatic carbocycles. The van der Waals surface area contributed by atoms with Gasteiger partial charge in [0.15, 0.2) is 0 Å². The first-order valence-electron chi connectivity index (χ1n) is 10.4. The van der Waals surface area contributed by atoms with E-state index in [1.54, 1.807) is 0 Å². The minimum atomic E-state index is 0.552. The van der Waals surface area contributed by atoms with E-state index < -0.39 is 0 Å². The number of oxime groups is 1. The van der Waals surface area contributed by atoms with E-state index in [-0.39, 0.29) is 0 Å². The van der Waals surface area contributed by atoms with Crippen LogP contribution in [0.3, 0.4) is 0 Å². The molecular formula is C21H36N2O. The molecule has 0 spiro atoms. The molecule has 0 bridgehead atoms. The van der Waals surface area contributed by atoms with Crippen molar-refractivity contribution >= 4 is 5.71 Å². The van der Waals surface area contributed by atoms with Gasteiger partial charge in [-0.2, -0.15) is 0 Å². The molecule has 0 aromatic rings. The highest BCUT2D eigenvalue weighted by Gasteiger charge is 2.57. The Kier molecular flexibility index (Phi) is 4.43. The lowest BCUT2D eigenvalue weighted by molar-refractivity contribution is -0.0922. The van der Waals surface area contributed by atoms with Crippen molar-refractivity contribution in [3.05, 3.63) is 0 Å². The molecular weight excluding hydrogens is 296 g/mol. The molecule has 0 saturated heterocycles. The minimum absolute atomic E-state index is 0.552. The van der Waals surface area contributed by atoms with Crippen LogP contribution in [0.5, 0.6) is 0 Å². The van der Waals surface area contributed by atoms with Crippen molar-refractivity contribution in [2.45, 2.75) is 78.1 Å². The van der Waals surface area contributed by atoms with E-state index in [9.17, 15) is 0 Å². The Morgan fingerprint density at radius 2 is 1.96 bits per heavy atom. The standard InChI is InChI=1S/C21H36N2O/c1-20-9-3-4-18(20)17-6-5-15-14-16(23-24-13-12-22)7-11-21(15,2)19(17)8-10-20/h15,17-19H,3-14,22H2,1-2H3/t15?,17-,18-,19-,20-,21-/m0/s1. The van der Waals surface area contributed by atoms with Gasteiger partial charge in [0.25, 0.3) is 0 Å². The Morgan fingerprint density at radius 3 is 2.79 bits per heavy atom. The first-order valence-corrected chi connectivity index (χ1v) is 10.4. The molecule has 136 valence electrons. The number of hydrogen-bond acceptors (Lipinski definition) is 3. The van der Waals surface area contributed by atoms with E-state index in [1.165, 1.54) is 63.5 Å². The minimum Gasteiger partial charge on any atom is -0.395 e. The maximum Gasteiger partial charge on any atom is 0.129 e. The van der Waals surface area contributed by atoms with E-state index in [0.717, 1.165) is 30.1 Å². The summed E-state index contributed by atoms with van der Waals surface area (Å²) in [4.78, 5) is 5.37. The monoisotopic (exact) mass is 332 g/mol. The SMILES string of the molecule is C[C@@]12CCC[C@H]1[C@@H]1CCC3CC(=NOCCN)CC[C@]3(C)[C@H]1CC2. The third kappa shape index (κ3) is 2.62. The van der Waals surface area contributed by atoms with E-state index in [1.807, 2.05) is 0 Å². The lowest BCUT2D eigenvalue weighted by atomic mass is 9.45. The zero-order chi connectivity index (χ0) is 16.8. The van der Waals surface area contributed by atoms with Crippen LogP contribution in [0.2, 0.25) is 0 Å². The van der Waals surface area contributed by atoms with Crippen molar-refractivity contribution < 1.29 is 4.84 Å². The van der Waals surface area contributed by atoms with Crippen molar-refractivity contribution in [2.24, 2.45) is 45.4 Å². The maximum absolute atomic E-state index is 5.50. The average Bonchev–Trinajstić information content (AvgIpc) is 2.97. The molecule has 3 nitrogen and oxygen atoms in total. The third-order valence-electron chi connectivity index (χ3n) is 8.68. The fraction of sp³-hybridized carbons (Fsp3) is 0.952. The zero-order valence-electron chi connectivity index (χ0n) is 15.7. The molecule has 0 aliphatic heterocycles. The molecule has 4 fully saturated rings. The van der Waals surface area contributed by atoms with Crippen molar-refractivity contribution in [1.82, 2.24) is 0 Å². The summed E-state index contributed by atoms with van der Waals surface area (Å²) in [5, 5.41) is 4.40. The van der Waals surface area contributed by atoms with Gasteiger partial charge in [0.1, 0.15) is 6.61 Å². The van der Waals surface area contributed by atoms with E-state index >= 15 is 0 Å². The molecule has 0 aromatic heterocycles. The number of rotatable bonds is 3. The summed E-state index contributed by atoms with van der Waals surface area (Å²) < 4.78 is 0. The van der Waals surface area contributed by atoms with Gasteiger partial charge in [-0.05, 0) is 92.3 Å². The van der Waals surface area contributed by atoms with Crippen molar-refractivity contribution in [2.75, 3.05) is 13.2 Å². The van der Waals surface area contributed by atoms with Gasteiger partial charge in [0, 0.05) is 6.54 Å². The third-order valence-corrected chi connectivity index (χ3v) is 8.68. The quantitative estimate of drug-likeness (QED) is 0.599. The van der Waals surface area contributed by atoms with Gasteiger partial charge in [-0.1, -0.05) is 25.4 Å². The molecule has 2 N–H and O–H groups in total. The number of hydrogen-bond donors (Lipinski definition) is 1. The van der Waals surface area contributed by atoms with Crippen molar-refractivity contribution in [1.29, 1.82) is 0 Å². The zero-order valence-corrected chi connectivity index (χ0v) is 15.7. The Balaban J connectivity index is 1.49. The first kappa shape index (κ1) is 16.9. The van der Waals surface area contributed by atoms with Gasteiger partial charge in [0.05, 0.1) is 5.71 Å². The number of fused-ring (bicyclic) bond motifs is 5. The Labute approximate surface area is 147 Å². The summed E-state index contributed by atoms with van der Waals surface area (Å²) in [6.07, 6.45) is 14.0. The van der Waals surface area contributed by atoms with Gasteiger partial charge in [0.2, 0.25) is 0 Å². The van der Waals surface area contributed by atoms with Crippen LogP contribution < -0.4 is 5.73 Å². The maximum atomic E-state index is 5.50. The summed E-state index contributed by atoms with van der Waals surface area (Å²) >= 11 is 0. The van der Waals surface area contributed by atoms with Crippen molar-refractivity contribution in [3.8, 4) is 0 Å². The Morgan fingerprint density at radius 1 is 1.08 bits per heavy atom. The Hall–Kier alpha value is -0.570. The topological polar surface area (TPSA) is 47.6 Å².